The fourth-order valence-electron chi connectivity index (χ4n) is 2.44. The molecule has 1 aliphatic rings. The van der Waals surface area contributed by atoms with E-state index in [0.717, 1.165) is 23.5 Å². The van der Waals surface area contributed by atoms with Crippen LogP contribution >= 0.6 is 23.2 Å². The van der Waals surface area contributed by atoms with Crippen molar-refractivity contribution in [1.29, 1.82) is 0 Å². The molecular formula is C16H15Cl2F6NO3. The molecule has 0 aromatic heterocycles. The van der Waals surface area contributed by atoms with Crippen LogP contribution in [0.4, 0.5) is 26.3 Å². The molecule has 12 heteroatoms. The van der Waals surface area contributed by atoms with Crippen LogP contribution in [0.25, 0.3) is 0 Å². The molecule has 1 heterocycles. The number of carbonyl (C=O) groups excluding carboxylic acids is 1. The Balaban J connectivity index is 2.40. The molecule has 1 fully saturated rings. The van der Waals surface area contributed by atoms with Gasteiger partial charge in [0.05, 0.1) is 30.4 Å². The summed E-state index contributed by atoms with van der Waals surface area (Å²) in [4.78, 5) is 12.2. The van der Waals surface area contributed by atoms with E-state index >= 15 is 0 Å². The average molecular weight is 454 g/mol. The third kappa shape index (κ3) is 4.34. The van der Waals surface area contributed by atoms with Crippen LogP contribution in [-0.2, 0) is 9.47 Å². The summed E-state index contributed by atoms with van der Waals surface area (Å²) in [5.74, 6) is -1.72. The highest BCUT2D eigenvalue weighted by Crippen LogP contribution is 2.46. The van der Waals surface area contributed by atoms with Gasteiger partial charge in [0.2, 0.25) is 0 Å². The molecule has 0 spiro atoms. The lowest BCUT2D eigenvalue weighted by atomic mass is 9.84. The number of benzene rings is 1. The van der Waals surface area contributed by atoms with E-state index in [4.69, 9.17) is 27.9 Å². The summed E-state index contributed by atoms with van der Waals surface area (Å²) >= 11 is 11.3. The van der Waals surface area contributed by atoms with Gasteiger partial charge in [0.15, 0.2) is 0 Å². The highest BCUT2D eigenvalue weighted by atomic mass is 35.5. The van der Waals surface area contributed by atoms with E-state index in [0.29, 0.717) is 0 Å². The second-order valence-corrected chi connectivity index (χ2v) is 7.23. The maximum Gasteiger partial charge on any atom is 0.446 e. The predicted molar refractivity (Wildman–Crippen MR) is 88.3 cm³/mol. The van der Waals surface area contributed by atoms with Crippen LogP contribution in [0.1, 0.15) is 23.7 Å². The van der Waals surface area contributed by atoms with E-state index in [1.807, 2.05) is 0 Å². The van der Waals surface area contributed by atoms with Crippen molar-refractivity contribution < 1.29 is 40.6 Å². The Kier molecular flexibility index (Phi) is 6.49. The molecule has 0 unspecified atom stereocenters. The molecule has 0 saturated carbocycles. The quantitative estimate of drug-likeness (QED) is 0.487. The van der Waals surface area contributed by atoms with E-state index in [-0.39, 0.29) is 24.7 Å². The van der Waals surface area contributed by atoms with Gasteiger partial charge in [-0.05, 0) is 24.6 Å². The standard InChI is InChI=1S/C16H15Cl2F6NO3/c1-2-13(6-27-7-13)8-28-14(15(19,20)21,16(22,23)24)25-12(26)10-4-3-9(17)5-11(10)18/h3-5H,2,6-8H2,1H3,(H,25,26). The van der Waals surface area contributed by atoms with Crippen LogP contribution in [-0.4, -0.2) is 43.8 Å². The molecule has 0 radical (unpaired) electrons. The van der Waals surface area contributed by atoms with Gasteiger partial charge in [0.25, 0.3) is 5.91 Å². The van der Waals surface area contributed by atoms with Crippen molar-refractivity contribution in [2.45, 2.75) is 31.4 Å². The van der Waals surface area contributed by atoms with Gasteiger partial charge in [-0.1, -0.05) is 30.1 Å². The van der Waals surface area contributed by atoms with Crippen molar-refractivity contribution in [3.05, 3.63) is 33.8 Å². The van der Waals surface area contributed by atoms with Gasteiger partial charge in [-0.2, -0.15) is 26.3 Å². The zero-order valence-electron chi connectivity index (χ0n) is 14.3. The molecule has 1 aliphatic heterocycles. The minimum Gasteiger partial charge on any atom is -0.380 e. The molecule has 0 aliphatic carbocycles. The number of carbonyl (C=O) groups is 1. The van der Waals surface area contributed by atoms with Crippen molar-refractivity contribution in [2.24, 2.45) is 5.41 Å². The summed E-state index contributed by atoms with van der Waals surface area (Å²) < 4.78 is 90.7. The molecule has 1 saturated heterocycles. The molecule has 1 amide bonds. The summed E-state index contributed by atoms with van der Waals surface area (Å²) in [6.07, 6.45) is -11.8. The lowest BCUT2D eigenvalue weighted by Gasteiger charge is -2.44. The van der Waals surface area contributed by atoms with Crippen molar-refractivity contribution >= 4 is 29.1 Å². The van der Waals surface area contributed by atoms with Gasteiger partial charge in [0, 0.05) is 10.4 Å². The van der Waals surface area contributed by atoms with Crippen LogP contribution in [0.3, 0.4) is 0 Å². The minimum absolute atomic E-state index is 0.0468. The molecule has 28 heavy (non-hydrogen) atoms. The lowest BCUT2D eigenvalue weighted by Crippen LogP contribution is -2.70. The smallest absolute Gasteiger partial charge is 0.380 e. The first-order chi connectivity index (χ1) is 12.8. The number of halogens is 8. The monoisotopic (exact) mass is 453 g/mol. The largest absolute Gasteiger partial charge is 0.446 e. The molecule has 1 N–H and O–H groups in total. The lowest BCUT2D eigenvalue weighted by molar-refractivity contribution is -0.396. The van der Waals surface area contributed by atoms with E-state index in [1.54, 1.807) is 6.92 Å². The highest BCUT2D eigenvalue weighted by Gasteiger charge is 2.74. The molecule has 2 rings (SSSR count). The van der Waals surface area contributed by atoms with Gasteiger partial charge < -0.3 is 14.8 Å². The highest BCUT2D eigenvalue weighted by molar-refractivity contribution is 6.36. The normalized spacial score (nSPS) is 17.2. The number of nitrogens with one attached hydrogen (secondary N) is 1. The summed E-state index contributed by atoms with van der Waals surface area (Å²) in [6.45, 7) is 0.566. The first-order valence-electron chi connectivity index (χ1n) is 7.90. The van der Waals surface area contributed by atoms with E-state index < -0.39 is 46.6 Å². The van der Waals surface area contributed by atoms with Crippen molar-refractivity contribution in [3.63, 3.8) is 0 Å². The van der Waals surface area contributed by atoms with Crippen molar-refractivity contribution in [3.8, 4) is 0 Å². The van der Waals surface area contributed by atoms with E-state index in [2.05, 4.69) is 4.74 Å². The summed E-state index contributed by atoms with van der Waals surface area (Å²) in [6, 6.07) is 3.02. The maximum absolute atomic E-state index is 13.6. The minimum atomic E-state index is -6.00. The second-order valence-electron chi connectivity index (χ2n) is 6.39. The predicted octanol–water partition coefficient (Wildman–Crippen LogP) is 4.99. The Labute approximate surface area is 166 Å². The number of ether oxygens (including phenoxy) is 2. The topological polar surface area (TPSA) is 47.6 Å². The number of amides is 1. The molecule has 158 valence electrons. The molecule has 1 aromatic rings. The second kappa shape index (κ2) is 7.89. The maximum atomic E-state index is 13.6. The molecule has 0 atom stereocenters. The van der Waals surface area contributed by atoms with Crippen molar-refractivity contribution in [2.75, 3.05) is 19.8 Å². The van der Waals surface area contributed by atoms with Gasteiger partial charge in [-0.15, -0.1) is 0 Å². The Morgan fingerprint density at radius 2 is 1.75 bits per heavy atom. The Morgan fingerprint density at radius 1 is 1.18 bits per heavy atom. The first kappa shape index (κ1) is 23.1. The fraction of sp³-hybridized carbons (Fsp3) is 0.562. The SMILES string of the molecule is CCC1(COC(NC(=O)c2ccc(Cl)cc2Cl)(C(F)(F)F)C(F)(F)F)COC1. The number of hydrogen-bond donors (Lipinski definition) is 1. The van der Waals surface area contributed by atoms with E-state index in [9.17, 15) is 31.1 Å². The van der Waals surface area contributed by atoms with Gasteiger partial charge >= 0.3 is 18.1 Å². The van der Waals surface area contributed by atoms with Gasteiger partial charge in [-0.3, -0.25) is 4.79 Å². The third-order valence-corrected chi connectivity index (χ3v) is 4.97. The van der Waals surface area contributed by atoms with E-state index in [1.165, 1.54) is 0 Å². The van der Waals surface area contributed by atoms with Crippen LogP contribution in [0.2, 0.25) is 10.0 Å². The van der Waals surface area contributed by atoms with Crippen LogP contribution in [0, 0.1) is 5.41 Å². The third-order valence-electron chi connectivity index (χ3n) is 4.43. The van der Waals surface area contributed by atoms with Crippen LogP contribution < -0.4 is 5.32 Å². The summed E-state index contributed by atoms with van der Waals surface area (Å²) in [5.41, 5.74) is -6.54. The fourth-order valence-corrected chi connectivity index (χ4v) is 2.94. The number of rotatable bonds is 6. The Hall–Kier alpha value is -1.23. The summed E-state index contributed by atoms with van der Waals surface area (Å²) in [5, 5.41) is 0.583. The number of alkyl halides is 6. The first-order valence-corrected chi connectivity index (χ1v) is 8.65. The van der Waals surface area contributed by atoms with Gasteiger partial charge in [0.1, 0.15) is 0 Å². The summed E-state index contributed by atoms with van der Waals surface area (Å²) in [7, 11) is 0. The molecule has 4 nitrogen and oxygen atoms in total. The molecule has 0 bridgehead atoms. The van der Waals surface area contributed by atoms with Crippen molar-refractivity contribution in [1.82, 2.24) is 5.32 Å². The molecule has 1 aromatic carbocycles. The van der Waals surface area contributed by atoms with Crippen LogP contribution in [0.15, 0.2) is 18.2 Å². The zero-order valence-corrected chi connectivity index (χ0v) is 15.8. The van der Waals surface area contributed by atoms with Crippen LogP contribution in [0.5, 0.6) is 0 Å². The number of hydrogen-bond acceptors (Lipinski definition) is 3. The Bertz CT molecular complexity index is 715. The molecular weight excluding hydrogens is 439 g/mol. The zero-order chi connectivity index (χ0) is 21.4. The average Bonchev–Trinajstić information content (AvgIpc) is 2.50. The van der Waals surface area contributed by atoms with Gasteiger partial charge in [-0.25, -0.2) is 0 Å². The Morgan fingerprint density at radius 3 is 2.14 bits per heavy atom.